The Kier molecular flexibility index (Phi) is 3.29. The van der Waals surface area contributed by atoms with E-state index in [1.54, 1.807) is 5.38 Å². The molecule has 1 heterocycles. The average molecular weight is 288 g/mol. The highest BCUT2D eigenvalue weighted by atomic mass is 79.9. The quantitative estimate of drug-likeness (QED) is 0.783. The number of carbonyl (C=O) groups is 2. The molecule has 0 amide bonds. The van der Waals surface area contributed by atoms with Crippen LogP contribution >= 0.6 is 50.5 Å². The van der Waals surface area contributed by atoms with Gasteiger partial charge in [-0.2, -0.15) is 0 Å². The molecule has 0 bridgehead atoms. The van der Waals surface area contributed by atoms with E-state index in [2.05, 4.69) is 15.9 Å². The fraction of sp³-hybridized carbons (Fsp3) is 0. The molecular weight excluding hydrogens is 287 g/mol. The zero-order valence-electron chi connectivity index (χ0n) is 5.44. The van der Waals surface area contributed by atoms with Crippen LogP contribution in [0.1, 0.15) is 20.0 Å². The first-order chi connectivity index (χ1) is 5.54. The van der Waals surface area contributed by atoms with E-state index >= 15 is 0 Å². The summed E-state index contributed by atoms with van der Waals surface area (Å²) in [4.78, 5) is 21.7. The summed E-state index contributed by atoms with van der Waals surface area (Å²) in [6.07, 6.45) is 0. The SMILES string of the molecule is O=C(Cl)c1scc(Br)c1C(=O)Cl. The smallest absolute Gasteiger partial charge is 0.263 e. The Bertz CT molecular complexity index is 347. The van der Waals surface area contributed by atoms with Crippen molar-refractivity contribution in [2.24, 2.45) is 0 Å². The number of thiophene rings is 1. The molecule has 0 aliphatic carbocycles. The Morgan fingerprint density at radius 2 is 1.92 bits per heavy atom. The second-order valence-electron chi connectivity index (χ2n) is 1.84. The van der Waals surface area contributed by atoms with E-state index in [4.69, 9.17) is 23.2 Å². The number of hydrogen-bond acceptors (Lipinski definition) is 3. The van der Waals surface area contributed by atoms with Gasteiger partial charge in [-0.25, -0.2) is 0 Å². The Hall–Kier alpha value is 0.1000. The summed E-state index contributed by atoms with van der Waals surface area (Å²) >= 11 is 14.6. The largest absolute Gasteiger partial charge is 0.276 e. The van der Waals surface area contributed by atoms with Crippen LogP contribution in [0.15, 0.2) is 9.85 Å². The van der Waals surface area contributed by atoms with Crippen LogP contribution < -0.4 is 0 Å². The van der Waals surface area contributed by atoms with Crippen molar-refractivity contribution in [2.45, 2.75) is 0 Å². The lowest BCUT2D eigenvalue weighted by molar-refractivity contribution is 0.105. The molecule has 0 aliphatic rings. The Morgan fingerprint density at radius 1 is 1.33 bits per heavy atom. The number of rotatable bonds is 2. The third-order valence-electron chi connectivity index (χ3n) is 1.12. The van der Waals surface area contributed by atoms with Crippen molar-refractivity contribution in [1.29, 1.82) is 0 Å². The molecule has 0 unspecified atom stereocenters. The van der Waals surface area contributed by atoms with Crippen LogP contribution in [-0.2, 0) is 0 Å². The second kappa shape index (κ2) is 3.87. The predicted molar refractivity (Wildman–Crippen MR) is 52.4 cm³/mol. The van der Waals surface area contributed by atoms with Crippen molar-refractivity contribution in [2.75, 3.05) is 0 Å². The van der Waals surface area contributed by atoms with E-state index in [1.165, 1.54) is 0 Å². The lowest BCUT2D eigenvalue weighted by atomic mass is 10.3. The molecule has 1 rings (SSSR count). The van der Waals surface area contributed by atoms with Crippen LogP contribution in [0.4, 0.5) is 0 Å². The average Bonchev–Trinajstić information content (AvgIpc) is 2.30. The van der Waals surface area contributed by atoms with Crippen LogP contribution in [0, 0.1) is 0 Å². The van der Waals surface area contributed by atoms with Gasteiger partial charge >= 0.3 is 0 Å². The van der Waals surface area contributed by atoms with Gasteiger partial charge in [0.15, 0.2) is 0 Å². The minimum Gasteiger partial charge on any atom is -0.276 e. The van der Waals surface area contributed by atoms with Gasteiger partial charge in [0, 0.05) is 9.85 Å². The monoisotopic (exact) mass is 286 g/mol. The maximum absolute atomic E-state index is 10.8. The van der Waals surface area contributed by atoms with Gasteiger partial charge in [0.05, 0.1) is 10.4 Å². The summed E-state index contributed by atoms with van der Waals surface area (Å²) in [6, 6.07) is 0. The highest BCUT2D eigenvalue weighted by Gasteiger charge is 2.19. The van der Waals surface area contributed by atoms with Gasteiger partial charge in [-0.05, 0) is 39.1 Å². The van der Waals surface area contributed by atoms with Crippen LogP contribution in [0.5, 0.6) is 0 Å². The third-order valence-corrected chi connectivity index (χ3v) is 3.52. The van der Waals surface area contributed by atoms with Crippen molar-refractivity contribution in [1.82, 2.24) is 0 Å². The Labute approximate surface area is 90.6 Å². The summed E-state index contributed by atoms with van der Waals surface area (Å²) in [6.45, 7) is 0. The first-order valence-electron chi connectivity index (χ1n) is 2.70. The van der Waals surface area contributed by atoms with Crippen molar-refractivity contribution in [3.8, 4) is 0 Å². The maximum Gasteiger partial charge on any atom is 0.263 e. The lowest BCUT2D eigenvalue weighted by Gasteiger charge is -1.91. The fourth-order valence-electron chi connectivity index (χ4n) is 0.665. The summed E-state index contributed by atoms with van der Waals surface area (Å²) < 4.78 is 0.497. The molecule has 12 heavy (non-hydrogen) atoms. The number of carbonyl (C=O) groups excluding carboxylic acids is 2. The van der Waals surface area contributed by atoms with Gasteiger partial charge in [-0.15, -0.1) is 11.3 Å². The van der Waals surface area contributed by atoms with Crippen LogP contribution in [0.25, 0.3) is 0 Å². The summed E-state index contributed by atoms with van der Waals surface area (Å²) in [5.41, 5.74) is 0.140. The van der Waals surface area contributed by atoms with Crippen LogP contribution in [0.3, 0.4) is 0 Å². The number of hydrogen-bond donors (Lipinski definition) is 0. The normalized spacial score (nSPS) is 9.92. The third kappa shape index (κ3) is 1.88. The molecule has 0 aliphatic heterocycles. The number of halogens is 3. The molecule has 6 heteroatoms. The zero-order valence-corrected chi connectivity index (χ0v) is 9.35. The van der Waals surface area contributed by atoms with Crippen molar-refractivity contribution in [3.63, 3.8) is 0 Å². The molecule has 0 saturated carbocycles. The van der Waals surface area contributed by atoms with Gasteiger partial charge in [-0.3, -0.25) is 9.59 Å². The zero-order chi connectivity index (χ0) is 9.30. The van der Waals surface area contributed by atoms with Crippen LogP contribution in [-0.4, -0.2) is 10.5 Å². The van der Waals surface area contributed by atoms with Gasteiger partial charge in [0.2, 0.25) is 0 Å². The van der Waals surface area contributed by atoms with E-state index in [9.17, 15) is 9.59 Å². The minimum atomic E-state index is -0.688. The van der Waals surface area contributed by atoms with Gasteiger partial charge in [0.1, 0.15) is 0 Å². The maximum atomic E-state index is 10.8. The van der Waals surface area contributed by atoms with Crippen molar-refractivity contribution < 1.29 is 9.59 Å². The molecule has 0 radical (unpaired) electrons. The molecule has 2 nitrogen and oxygen atoms in total. The molecule has 0 spiro atoms. The first kappa shape index (κ1) is 10.2. The molecule has 1 aromatic heterocycles. The lowest BCUT2D eigenvalue weighted by Crippen LogP contribution is -1.95. The van der Waals surface area contributed by atoms with E-state index in [-0.39, 0.29) is 10.4 Å². The Morgan fingerprint density at radius 3 is 2.25 bits per heavy atom. The van der Waals surface area contributed by atoms with Crippen molar-refractivity contribution in [3.05, 3.63) is 20.3 Å². The van der Waals surface area contributed by atoms with Gasteiger partial charge < -0.3 is 0 Å². The Balaban J connectivity index is 3.31. The molecule has 0 atom stereocenters. The van der Waals surface area contributed by atoms with E-state index < -0.39 is 10.5 Å². The first-order valence-corrected chi connectivity index (χ1v) is 5.13. The predicted octanol–water partition coefficient (Wildman–Crippen LogP) is 3.27. The van der Waals surface area contributed by atoms with Crippen molar-refractivity contribution >= 4 is 61.0 Å². The molecule has 0 aromatic carbocycles. The molecule has 0 N–H and O–H groups in total. The van der Waals surface area contributed by atoms with Crippen LogP contribution in [0.2, 0.25) is 0 Å². The second-order valence-corrected chi connectivity index (χ2v) is 4.26. The molecule has 0 fully saturated rings. The minimum absolute atomic E-state index is 0.140. The fourth-order valence-corrected chi connectivity index (χ4v) is 2.80. The molecule has 64 valence electrons. The molecule has 0 saturated heterocycles. The highest BCUT2D eigenvalue weighted by Crippen LogP contribution is 2.29. The topological polar surface area (TPSA) is 34.1 Å². The van der Waals surface area contributed by atoms with E-state index in [0.29, 0.717) is 4.47 Å². The molecular formula is C6HBrCl2O2S. The standard InChI is InChI=1S/C6HBrCl2O2S/c7-2-1-12-4(6(9)11)3(2)5(8)10/h1H. The van der Waals surface area contributed by atoms with Gasteiger partial charge in [-0.1, -0.05) is 0 Å². The molecule has 1 aromatic rings. The van der Waals surface area contributed by atoms with Gasteiger partial charge in [0.25, 0.3) is 10.5 Å². The van der Waals surface area contributed by atoms with E-state index in [0.717, 1.165) is 11.3 Å². The highest BCUT2D eigenvalue weighted by molar-refractivity contribution is 9.10. The summed E-state index contributed by atoms with van der Waals surface area (Å²) in [5, 5.41) is 0.229. The summed E-state index contributed by atoms with van der Waals surface area (Å²) in [5.74, 6) is 0. The summed E-state index contributed by atoms with van der Waals surface area (Å²) in [7, 11) is 0. The van der Waals surface area contributed by atoms with E-state index in [1.807, 2.05) is 0 Å².